The van der Waals surface area contributed by atoms with Gasteiger partial charge in [0.15, 0.2) is 0 Å². The molecule has 0 amide bonds. The number of fused-ring (bicyclic) bond motifs is 1. The van der Waals surface area contributed by atoms with Crippen LogP contribution in [-0.2, 0) is 21.7 Å². The first-order valence-corrected chi connectivity index (χ1v) is 23.6. The zero-order valence-corrected chi connectivity index (χ0v) is 41.6. The van der Waals surface area contributed by atoms with Crippen LogP contribution in [0.3, 0.4) is 0 Å². The number of para-hydroxylation sites is 1. The third-order valence-corrected chi connectivity index (χ3v) is 13.0. The van der Waals surface area contributed by atoms with E-state index in [1.807, 2.05) is 12.1 Å². The number of rotatable bonds is 7. The summed E-state index contributed by atoms with van der Waals surface area (Å²) in [6.45, 7) is 26.3. The van der Waals surface area contributed by atoms with Gasteiger partial charge < -0.3 is 5.11 Å². The summed E-state index contributed by atoms with van der Waals surface area (Å²) < 4.78 is 44.8. The number of benzene rings is 7. The minimum Gasteiger partial charge on any atom is -0.507 e. The maximum Gasteiger partial charge on any atom is 0.149 e. The van der Waals surface area contributed by atoms with Crippen molar-refractivity contribution in [3.63, 3.8) is 0 Å². The molecule has 9 rings (SSSR count). The lowest BCUT2D eigenvalue weighted by Crippen LogP contribution is -2.17. The summed E-state index contributed by atoms with van der Waals surface area (Å²) in [5.74, 6) is 0.799. The number of aromatic hydroxyl groups is 1. The second-order valence-corrected chi connectivity index (χ2v) is 22.2. The zero-order valence-electron chi connectivity index (χ0n) is 46.6. The number of imidazole rings is 1. The third kappa shape index (κ3) is 8.93. The van der Waals surface area contributed by atoms with E-state index in [-0.39, 0.29) is 51.7 Å². The van der Waals surface area contributed by atoms with Crippen LogP contribution in [0.4, 0.5) is 0 Å². The van der Waals surface area contributed by atoms with Gasteiger partial charge in [-0.3, -0.25) is 9.55 Å². The average molecular weight is 897 g/mol. The van der Waals surface area contributed by atoms with Crippen LogP contribution in [-0.4, -0.2) is 19.6 Å². The van der Waals surface area contributed by atoms with E-state index in [1.54, 1.807) is 18.3 Å². The summed E-state index contributed by atoms with van der Waals surface area (Å²) in [5, 5.41) is 12.8. The monoisotopic (exact) mass is 897 g/mol. The molecule has 2 heterocycles. The van der Waals surface area contributed by atoms with Gasteiger partial charge in [0.1, 0.15) is 11.6 Å². The highest BCUT2D eigenvalue weighted by molar-refractivity contribution is 5.98. The predicted octanol–water partition coefficient (Wildman–Crippen LogP) is 17.3. The fraction of sp³-hybridized carbons (Fsp3) is 0.250. The molecule has 0 saturated carbocycles. The van der Waals surface area contributed by atoms with E-state index >= 15 is 0 Å². The van der Waals surface area contributed by atoms with Gasteiger partial charge in [-0.25, -0.2) is 4.98 Å². The fourth-order valence-corrected chi connectivity index (χ4v) is 9.17. The Morgan fingerprint density at radius 2 is 1.06 bits per heavy atom. The van der Waals surface area contributed by atoms with E-state index in [9.17, 15) is 5.11 Å². The summed E-state index contributed by atoms with van der Waals surface area (Å²) in [6.07, 6.45) is 1.63. The van der Waals surface area contributed by atoms with Crippen molar-refractivity contribution < 1.29 is 12.0 Å². The maximum absolute atomic E-state index is 12.8. The Morgan fingerprint density at radius 3 is 1.68 bits per heavy atom. The van der Waals surface area contributed by atoms with Crippen LogP contribution < -0.4 is 0 Å². The van der Waals surface area contributed by atoms with Gasteiger partial charge in [0, 0.05) is 28.5 Å². The molecule has 0 aliphatic heterocycles. The summed E-state index contributed by atoms with van der Waals surface area (Å²) >= 11 is 0. The van der Waals surface area contributed by atoms with Crippen molar-refractivity contribution in [2.75, 3.05) is 0 Å². The highest BCUT2D eigenvalue weighted by atomic mass is 16.3. The molecule has 0 bridgehead atoms. The van der Waals surface area contributed by atoms with E-state index in [4.69, 9.17) is 16.8 Å². The molecule has 4 nitrogen and oxygen atoms in total. The molecule has 0 fully saturated rings. The van der Waals surface area contributed by atoms with Crippen LogP contribution in [0, 0.1) is 0 Å². The molecule has 2 aromatic heterocycles. The molecule has 1 N–H and O–H groups in total. The Balaban J connectivity index is 1.40. The Hall–Kier alpha value is -7.04. The van der Waals surface area contributed by atoms with Gasteiger partial charge in [0.25, 0.3) is 0 Å². The molecule has 0 aliphatic carbocycles. The number of phenols is 1. The summed E-state index contributed by atoms with van der Waals surface area (Å²) in [6, 6.07) is 44.5. The van der Waals surface area contributed by atoms with Gasteiger partial charge in [-0.1, -0.05) is 198 Å². The topological polar surface area (TPSA) is 50.9 Å². The first-order valence-electron chi connectivity index (χ1n) is 26.1. The molecule has 9 aromatic rings. The van der Waals surface area contributed by atoms with Gasteiger partial charge in [-0.15, -0.1) is 0 Å². The molecule has 0 aliphatic rings. The van der Waals surface area contributed by atoms with Crippen LogP contribution >= 0.6 is 0 Å². The van der Waals surface area contributed by atoms with E-state index in [1.165, 1.54) is 5.56 Å². The van der Waals surface area contributed by atoms with Crippen molar-refractivity contribution >= 4 is 11.0 Å². The van der Waals surface area contributed by atoms with Gasteiger partial charge in [-0.2, -0.15) is 0 Å². The van der Waals surface area contributed by atoms with Gasteiger partial charge >= 0.3 is 0 Å². The second-order valence-electron chi connectivity index (χ2n) is 22.2. The first kappa shape index (κ1) is 40.1. The van der Waals surface area contributed by atoms with Crippen molar-refractivity contribution in [1.29, 1.82) is 0 Å². The summed E-state index contributed by atoms with van der Waals surface area (Å²) in [5.41, 5.74) is 14.2. The lowest BCUT2D eigenvalue weighted by molar-refractivity contribution is 0.446. The number of pyridine rings is 1. The predicted molar refractivity (Wildman–Crippen MR) is 288 cm³/mol. The van der Waals surface area contributed by atoms with Crippen LogP contribution in [0.15, 0.2) is 170 Å². The van der Waals surface area contributed by atoms with E-state index in [0.29, 0.717) is 22.6 Å². The molecule has 0 saturated heterocycles. The summed E-state index contributed by atoms with van der Waals surface area (Å²) in [7, 11) is 0. The standard InChI is InChI=1S/C64H65N3O/c1-61(2,3)47-34-45(33-46(35-47)55-36-44(31-32-65-55)41-23-16-13-17-24-41)49-29-22-30-56-58(49)66-60(52-37-48(62(4,5)6)38-54(59(52)68)64(10,11)12)67(56)57-40-50(42-25-18-14-19-26-42)53(63(7,8)9)39-51(57)43-27-20-15-21-28-43/h13-40,68H,1-12H3/i13D,16D,17D,23D,24D. The van der Waals surface area contributed by atoms with Gasteiger partial charge in [0.05, 0.1) is 34.8 Å². The zero-order chi connectivity index (χ0) is 52.7. The summed E-state index contributed by atoms with van der Waals surface area (Å²) in [4.78, 5) is 10.6. The van der Waals surface area contributed by atoms with Crippen LogP contribution in [0.2, 0.25) is 0 Å². The Labute approximate surface area is 411 Å². The number of aromatic nitrogens is 3. The first-order chi connectivity index (χ1) is 34.2. The van der Waals surface area contributed by atoms with Crippen molar-refractivity contribution in [1.82, 2.24) is 14.5 Å². The molecule has 4 heteroatoms. The molecule has 0 atom stereocenters. The Morgan fingerprint density at radius 1 is 0.456 bits per heavy atom. The lowest BCUT2D eigenvalue weighted by Gasteiger charge is -2.28. The largest absolute Gasteiger partial charge is 0.507 e. The van der Waals surface area contributed by atoms with Crippen molar-refractivity contribution in [3.8, 4) is 78.6 Å². The minimum absolute atomic E-state index is 0.124. The van der Waals surface area contributed by atoms with Crippen molar-refractivity contribution in [3.05, 3.63) is 192 Å². The quantitative estimate of drug-likeness (QED) is 0.173. The number of phenolic OH excluding ortho intramolecular Hbond substituents is 1. The second kappa shape index (κ2) is 17.2. The molecular weight excluding hydrogens is 827 g/mol. The van der Waals surface area contributed by atoms with Crippen molar-refractivity contribution in [2.45, 2.75) is 105 Å². The molecule has 0 radical (unpaired) electrons. The lowest BCUT2D eigenvalue weighted by atomic mass is 9.78. The van der Waals surface area contributed by atoms with Crippen LogP contribution in [0.25, 0.3) is 83.9 Å². The molecule has 0 spiro atoms. The Bertz CT molecular complexity index is 3580. The molecule has 342 valence electrons. The minimum atomic E-state index is -0.433. The number of hydrogen-bond donors (Lipinski definition) is 1. The Kier molecular flexibility index (Phi) is 10.2. The molecule has 0 unspecified atom stereocenters. The van der Waals surface area contributed by atoms with Crippen molar-refractivity contribution in [2.24, 2.45) is 0 Å². The number of hydrogen-bond acceptors (Lipinski definition) is 3. The SMILES string of the molecule is [2H]c1c([2H])c([2H])c(-c2ccnc(-c3cc(-c4cccc5c4nc(-c4cc(C(C)(C)C)cc(C(C)(C)C)c4O)n5-c4cc(-c5ccccc5)c(C(C)(C)C)cc4-c4ccccc4)cc(C(C)(C)C)c3)c2)c([2H])c1[2H]. The fourth-order valence-electron chi connectivity index (χ4n) is 9.17. The van der Waals surface area contributed by atoms with Gasteiger partial charge in [-0.05, 0) is 120 Å². The highest BCUT2D eigenvalue weighted by Gasteiger charge is 2.31. The van der Waals surface area contributed by atoms with Crippen LogP contribution in [0.1, 0.15) is 112 Å². The smallest absolute Gasteiger partial charge is 0.149 e. The van der Waals surface area contributed by atoms with E-state index < -0.39 is 11.5 Å². The maximum atomic E-state index is 12.8. The molecular formula is C64H65N3O. The average Bonchev–Trinajstić information content (AvgIpc) is 3.73. The molecule has 68 heavy (non-hydrogen) atoms. The third-order valence-electron chi connectivity index (χ3n) is 13.0. The highest BCUT2D eigenvalue weighted by Crippen LogP contribution is 2.48. The van der Waals surface area contributed by atoms with E-state index in [2.05, 4.69) is 197 Å². The van der Waals surface area contributed by atoms with E-state index in [0.717, 1.165) is 72.4 Å². The van der Waals surface area contributed by atoms with Gasteiger partial charge in [0.2, 0.25) is 0 Å². The molecule has 7 aromatic carbocycles. The van der Waals surface area contributed by atoms with Crippen LogP contribution in [0.5, 0.6) is 5.75 Å². The number of nitrogens with zero attached hydrogens (tertiary/aromatic N) is 3. The normalized spacial score (nSPS) is 13.5.